The maximum atomic E-state index is 12.1. The third kappa shape index (κ3) is 5.91. The number of urea groups is 1. The van der Waals surface area contributed by atoms with Gasteiger partial charge in [0.2, 0.25) is 5.95 Å². The first-order chi connectivity index (χ1) is 18.1. The summed E-state index contributed by atoms with van der Waals surface area (Å²) < 4.78 is 1.94. The molecule has 3 amide bonds. The molecule has 11 heteroatoms. The molecule has 38 heavy (non-hydrogen) atoms. The van der Waals surface area contributed by atoms with Crippen molar-refractivity contribution in [1.82, 2.24) is 30.0 Å². The van der Waals surface area contributed by atoms with E-state index in [2.05, 4.69) is 41.5 Å². The molecule has 11 nitrogen and oxygen atoms in total. The van der Waals surface area contributed by atoms with Crippen molar-refractivity contribution < 1.29 is 9.59 Å². The monoisotopic (exact) mass is 515 g/mol. The van der Waals surface area contributed by atoms with E-state index in [1.807, 2.05) is 36.0 Å². The Morgan fingerprint density at radius 2 is 1.95 bits per heavy atom. The molecule has 0 saturated carbocycles. The number of anilines is 2. The van der Waals surface area contributed by atoms with Gasteiger partial charge in [-0.15, -0.1) is 0 Å². The normalized spacial score (nSPS) is 17.5. The summed E-state index contributed by atoms with van der Waals surface area (Å²) in [5.41, 5.74) is 9.24. The highest BCUT2D eigenvalue weighted by atomic mass is 16.2. The zero-order valence-electron chi connectivity index (χ0n) is 22.1. The number of hydrogen-bond acceptors (Lipinski definition) is 7. The first kappa shape index (κ1) is 26.6. The van der Waals surface area contributed by atoms with Crippen molar-refractivity contribution in [3.63, 3.8) is 0 Å². The van der Waals surface area contributed by atoms with E-state index >= 15 is 0 Å². The van der Waals surface area contributed by atoms with E-state index in [0.29, 0.717) is 18.1 Å². The minimum absolute atomic E-state index is 0.0196. The van der Waals surface area contributed by atoms with Crippen molar-refractivity contribution in [2.75, 3.05) is 18.4 Å². The molecule has 0 aliphatic carbocycles. The Kier molecular flexibility index (Phi) is 7.62. The molecular weight excluding hydrogens is 482 g/mol. The van der Waals surface area contributed by atoms with E-state index in [-0.39, 0.29) is 36.0 Å². The van der Waals surface area contributed by atoms with Crippen molar-refractivity contribution in [1.29, 1.82) is 5.26 Å². The lowest BCUT2D eigenvalue weighted by Crippen LogP contribution is -2.54. The Hall–Kier alpha value is -4.46. The SMILES string of the molecule is Cc1cnc(Nc2cnn(C3CCN(C(N)=O)C(C(C)(C)C)C3)c2)nc1-c1ccc(C(=O)NCC#N)cc1. The van der Waals surface area contributed by atoms with Crippen molar-refractivity contribution in [2.45, 2.75) is 52.6 Å². The summed E-state index contributed by atoms with van der Waals surface area (Å²) in [4.78, 5) is 34.9. The van der Waals surface area contributed by atoms with Crippen LogP contribution in [0.5, 0.6) is 0 Å². The van der Waals surface area contributed by atoms with Gasteiger partial charge < -0.3 is 21.3 Å². The number of nitrogens with one attached hydrogen (secondary N) is 2. The molecule has 0 bridgehead atoms. The van der Waals surface area contributed by atoms with Crippen LogP contribution in [0.4, 0.5) is 16.4 Å². The highest BCUT2D eigenvalue weighted by Crippen LogP contribution is 2.36. The van der Waals surface area contributed by atoms with E-state index in [1.165, 1.54) is 0 Å². The van der Waals surface area contributed by atoms with Gasteiger partial charge in [0.05, 0.1) is 29.7 Å². The number of amides is 3. The van der Waals surface area contributed by atoms with Crippen LogP contribution in [0, 0.1) is 23.7 Å². The van der Waals surface area contributed by atoms with Crippen LogP contribution in [0.15, 0.2) is 42.9 Å². The van der Waals surface area contributed by atoms with E-state index in [4.69, 9.17) is 16.0 Å². The number of benzene rings is 1. The average Bonchev–Trinajstić information content (AvgIpc) is 3.36. The summed E-state index contributed by atoms with van der Waals surface area (Å²) in [5, 5.41) is 19.0. The van der Waals surface area contributed by atoms with Crippen LogP contribution >= 0.6 is 0 Å². The minimum Gasteiger partial charge on any atom is -0.351 e. The number of nitriles is 1. The number of aryl methyl sites for hydroxylation is 1. The number of carbonyl (C=O) groups excluding carboxylic acids is 2. The van der Waals surface area contributed by atoms with Gasteiger partial charge in [0, 0.05) is 36.1 Å². The third-order valence-electron chi connectivity index (χ3n) is 6.81. The van der Waals surface area contributed by atoms with Crippen LogP contribution in [-0.4, -0.2) is 55.7 Å². The van der Waals surface area contributed by atoms with E-state index in [1.54, 1.807) is 29.4 Å². The van der Waals surface area contributed by atoms with Gasteiger partial charge in [-0.1, -0.05) is 32.9 Å². The highest BCUT2D eigenvalue weighted by molar-refractivity contribution is 5.94. The van der Waals surface area contributed by atoms with Gasteiger partial charge in [-0.05, 0) is 42.9 Å². The molecule has 2 unspecified atom stereocenters. The third-order valence-corrected chi connectivity index (χ3v) is 6.81. The van der Waals surface area contributed by atoms with Crippen LogP contribution in [0.3, 0.4) is 0 Å². The largest absolute Gasteiger partial charge is 0.351 e. The van der Waals surface area contributed by atoms with Crippen molar-refractivity contribution in [3.8, 4) is 17.3 Å². The number of piperidine rings is 1. The molecule has 1 saturated heterocycles. The second-order valence-electron chi connectivity index (χ2n) is 10.6. The Labute approximate surface area is 222 Å². The van der Waals surface area contributed by atoms with Gasteiger partial charge in [0.25, 0.3) is 5.91 Å². The standard InChI is InChI=1S/C27H33N9O2/c1-17-14-31-26(34-23(17)18-5-7-19(8-6-18)24(37)30-11-10-28)33-20-15-32-36(16-20)21-9-12-35(25(29)38)22(13-21)27(2,3)4/h5-8,14-16,21-22H,9,11-13H2,1-4H3,(H2,29,38)(H,30,37)(H,31,33,34). The van der Waals surface area contributed by atoms with Crippen LogP contribution in [0.25, 0.3) is 11.3 Å². The molecule has 3 heterocycles. The van der Waals surface area contributed by atoms with Gasteiger partial charge >= 0.3 is 6.03 Å². The van der Waals surface area contributed by atoms with Crippen LogP contribution in [0.1, 0.15) is 55.6 Å². The fourth-order valence-electron chi connectivity index (χ4n) is 4.80. The van der Waals surface area contributed by atoms with Crippen LogP contribution < -0.4 is 16.4 Å². The number of likely N-dealkylation sites (tertiary alicyclic amines) is 1. The van der Waals surface area contributed by atoms with E-state index < -0.39 is 0 Å². The minimum atomic E-state index is -0.379. The number of aromatic nitrogens is 4. The van der Waals surface area contributed by atoms with Crippen LogP contribution in [0.2, 0.25) is 0 Å². The van der Waals surface area contributed by atoms with Crippen LogP contribution in [-0.2, 0) is 0 Å². The molecule has 4 rings (SSSR count). The molecule has 4 N–H and O–H groups in total. The number of nitrogens with two attached hydrogens (primary N) is 1. The van der Waals surface area contributed by atoms with Crippen molar-refractivity contribution in [3.05, 3.63) is 54.0 Å². The Morgan fingerprint density at radius 1 is 1.21 bits per heavy atom. The van der Waals surface area contributed by atoms with Gasteiger partial charge in [-0.2, -0.15) is 10.4 Å². The number of hydrogen-bond donors (Lipinski definition) is 3. The first-order valence-electron chi connectivity index (χ1n) is 12.5. The van der Waals surface area contributed by atoms with Crippen molar-refractivity contribution in [2.24, 2.45) is 11.1 Å². The summed E-state index contributed by atoms with van der Waals surface area (Å²) in [5.74, 6) is 0.128. The Bertz CT molecular complexity index is 1350. The lowest BCUT2D eigenvalue weighted by atomic mass is 9.79. The Balaban J connectivity index is 1.48. The average molecular weight is 516 g/mol. The van der Waals surface area contributed by atoms with E-state index in [9.17, 15) is 9.59 Å². The molecule has 2 aromatic heterocycles. The molecule has 1 aliphatic heterocycles. The molecule has 0 radical (unpaired) electrons. The van der Waals surface area contributed by atoms with Gasteiger partial charge in [0.15, 0.2) is 0 Å². The molecule has 1 fully saturated rings. The summed E-state index contributed by atoms with van der Waals surface area (Å²) in [6, 6.07) is 8.73. The van der Waals surface area contributed by atoms with E-state index in [0.717, 1.165) is 35.3 Å². The zero-order valence-corrected chi connectivity index (χ0v) is 22.1. The van der Waals surface area contributed by atoms with Gasteiger partial charge in [-0.25, -0.2) is 14.8 Å². The molecular formula is C27H33N9O2. The quantitative estimate of drug-likeness (QED) is 0.422. The molecule has 1 aliphatic rings. The summed E-state index contributed by atoms with van der Waals surface area (Å²) >= 11 is 0. The summed E-state index contributed by atoms with van der Waals surface area (Å²) in [6.07, 6.45) is 6.96. The fraction of sp³-hybridized carbons (Fsp3) is 0.407. The summed E-state index contributed by atoms with van der Waals surface area (Å²) in [6.45, 7) is 8.84. The lowest BCUT2D eigenvalue weighted by Gasteiger charge is -2.45. The Morgan fingerprint density at radius 3 is 2.61 bits per heavy atom. The van der Waals surface area contributed by atoms with Crippen molar-refractivity contribution >= 4 is 23.6 Å². The molecule has 198 valence electrons. The number of primary amides is 1. The highest BCUT2D eigenvalue weighted by Gasteiger charge is 2.38. The maximum absolute atomic E-state index is 12.1. The summed E-state index contributed by atoms with van der Waals surface area (Å²) in [7, 11) is 0. The smallest absolute Gasteiger partial charge is 0.315 e. The zero-order chi connectivity index (χ0) is 27.4. The second kappa shape index (κ2) is 10.9. The number of carbonyl (C=O) groups is 2. The number of rotatable bonds is 6. The first-order valence-corrected chi connectivity index (χ1v) is 12.5. The molecule has 2 atom stereocenters. The topological polar surface area (TPSA) is 155 Å². The number of nitrogens with zero attached hydrogens (tertiary/aromatic N) is 6. The maximum Gasteiger partial charge on any atom is 0.315 e. The molecule has 1 aromatic carbocycles. The molecule has 0 spiro atoms. The predicted octanol–water partition coefficient (Wildman–Crippen LogP) is 3.78. The fourth-order valence-corrected chi connectivity index (χ4v) is 4.80. The molecule has 3 aromatic rings. The van der Waals surface area contributed by atoms with Gasteiger partial charge in [0.1, 0.15) is 6.54 Å². The second-order valence-corrected chi connectivity index (χ2v) is 10.6. The predicted molar refractivity (Wildman–Crippen MR) is 143 cm³/mol. The lowest BCUT2D eigenvalue weighted by molar-refractivity contribution is 0.0676. The van der Waals surface area contributed by atoms with Gasteiger partial charge in [-0.3, -0.25) is 9.48 Å².